The van der Waals surface area contributed by atoms with Crippen molar-refractivity contribution in [2.24, 2.45) is 0 Å². The summed E-state index contributed by atoms with van der Waals surface area (Å²) in [6.07, 6.45) is 14.7. The maximum atomic E-state index is 9.09. The minimum atomic E-state index is 0.328. The number of nitrogens with one attached hydrogen (secondary N) is 1. The first-order valence-corrected chi connectivity index (χ1v) is 12.0. The van der Waals surface area contributed by atoms with E-state index in [2.05, 4.69) is 42.6 Å². The molecule has 0 spiro atoms. The number of nitriles is 1. The van der Waals surface area contributed by atoms with E-state index >= 15 is 0 Å². The van der Waals surface area contributed by atoms with Gasteiger partial charge in [0.1, 0.15) is 5.82 Å². The van der Waals surface area contributed by atoms with Crippen LogP contribution < -0.4 is 5.32 Å². The van der Waals surface area contributed by atoms with Crippen molar-refractivity contribution in [3.05, 3.63) is 52.9 Å². The van der Waals surface area contributed by atoms with E-state index in [4.69, 9.17) is 10.2 Å². The Bertz CT molecular complexity index is 1060. The fourth-order valence-corrected chi connectivity index (χ4v) is 5.52. The van der Waals surface area contributed by atoms with Crippen LogP contribution in [0.25, 0.3) is 0 Å². The summed E-state index contributed by atoms with van der Waals surface area (Å²) in [7, 11) is 0. The Morgan fingerprint density at radius 3 is 2.94 bits per heavy atom. The van der Waals surface area contributed by atoms with Crippen molar-refractivity contribution < 1.29 is 0 Å². The molecule has 2 aliphatic rings. The van der Waals surface area contributed by atoms with Crippen LogP contribution in [-0.4, -0.2) is 31.2 Å². The molecular weight excluding hydrogens is 406 g/mol. The summed E-state index contributed by atoms with van der Waals surface area (Å²) in [6, 6.07) is 6.51. The third-order valence-corrected chi connectivity index (χ3v) is 7.12. The molecule has 160 valence electrons. The third kappa shape index (κ3) is 4.63. The molecule has 7 nitrogen and oxygen atoms in total. The van der Waals surface area contributed by atoms with Gasteiger partial charge in [-0.2, -0.15) is 10.4 Å². The lowest BCUT2D eigenvalue weighted by molar-refractivity contribution is 0.138. The van der Waals surface area contributed by atoms with Crippen LogP contribution in [0.4, 0.5) is 10.9 Å². The van der Waals surface area contributed by atoms with E-state index in [9.17, 15) is 0 Å². The highest BCUT2D eigenvalue weighted by molar-refractivity contribution is 7.13. The summed E-state index contributed by atoms with van der Waals surface area (Å²) < 4.78 is 2.19. The van der Waals surface area contributed by atoms with Crippen LogP contribution in [0.2, 0.25) is 0 Å². The van der Waals surface area contributed by atoms with E-state index in [1.54, 1.807) is 29.7 Å². The van der Waals surface area contributed by atoms with E-state index in [-0.39, 0.29) is 0 Å². The summed E-state index contributed by atoms with van der Waals surface area (Å²) >= 11 is 1.59. The summed E-state index contributed by atoms with van der Waals surface area (Å²) in [6.45, 7) is 2.01. The molecule has 1 N–H and O–H groups in total. The molecule has 1 saturated carbocycles. The number of hydrogen-bond donors (Lipinski definition) is 1. The molecular formula is C23H27N7S. The zero-order valence-corrected chi connectivity index (χ0v) is 18.4. The van der Waals surface area contributed by atoms with Gasteiger partial charge < -0.3 is 5.32 Å². The quantitative estimate of drug-likeness (QED) is 0.576. The molecule has 1 unspecified atom stereocenters. The first-order valence-electron chi connectivity index (χ1n) is 11.1. The van der Waals surface area contributed by atoms with Gasteiger partial charge in [0.15, 0.2) is 5.13 Å². The van der Waals surface area contributed by atoms with Crippen molar-refractivity contribution in [1.29, 1.82) is 5.26 Å². The zero-order chi connectivity index (χ0) is 21.0. The lowest BCUT2D eigenvalue weighted by atomic mass is 9.99. The second-order valence-electron chi connectivity index (χ2n) is 8.49. The van der Waals surface area contributed by atoms with E-state index in [0.717, 1.165) is 30.3 Å². The number of thiazole rings is 1. The second-order valence-corrected chi connectivity index (χ2v) is 9.35. The van der Waals surface area contributed by atoms with Gasteiger partial charge >= 0.3 is 0 Å². The highest BCUT2D eigenvalue weighted by Crippen LogP contribution is 2.35. The summed E-state index contributed by atoms with van der Waals surface area (Å²) in [5.74, 6) is 0.653. The molecule has 1 aliphatic carbocycles. The summed E-state index contributed by atoms with van der Waals surface area (Å²) in [5.41, 5.74) is 3.00. The molecule has 8 heteroatoms. The fraction of sp³-hybridized carbons (Fsp3) is 0.478. The molecule has 0 amide bonds. The van der Waals surface area contributed by atoms with E-state index in [1.165, 1.54) is 44.1 Å². The Kier molecular flexibility index (Phi) is 5.96. The summed E-state index contributed by atoms with van der Waals surface area (Å²) in [5, 5.41) is 20.0. The number of hydrogen-bond acceptors (Lipinski definition) is 7. The van der Waals surface area contributed by atoms with Crippen molar-refractivity contribution in [1.82, 2.24) is 24.6 Å². The van der Waals surface area contributed by atoms with E-state index < -0.39 is 0 Å². The number of piperidine rings is 1. The molecule has 5 rings (SSSR count). The van der Waals surface area contributed by atoms with Crippen molar-refractivity contribution in [2.45, 2.75) is 63.6 Å². The number of aromatic nitrogens is 4. The number of pyridine rings is 1. The van der Waals surface area contributed by atoms with Gasteiger partial charge in [0.25, 0.3) is 0 Å². The number of rotatable bonds is 6. The van der Waals surface area contributed by atoms with Crippen molar-refractivity contribution in [3.63, 3.8) is 0 Å². The number of nitrogens with zero attached hydrogens (tertiary/aromatic N) is 6. The standard InChI is InChI=1S/C23H27N7S/c24-12-17-8-9-25-22(11-17)28-23-27-20(16-31-23)21-7-3-4-10-29(21)14-18-13-26-30(15-18)19-5-1-2-6-19/h8-9,11,13,15-16,19,21H,1-7,10,14H2,(H,25,27,28). The van der Waals surface area contributed by atoms with Crippen molar-refractivity contribution in [2.75, 3.05) is 11.9 Å². The molecule has 0 aromatic carbocycles. The molecule has 2 fully saturated rings. The van der Waals surface area contributed by atoms with Crippen molar-refractivity contribution in [3.8, 4) is 6.07 Å². The molecule has 0 bridgehead atoms. The first kappa shape index (κ1) is 20.2. The van der Waals surface area contributed by atoms with Crippen LogP contribution in [0.1, 0.15) is 73.9 Å². The highest BCUT2D eigenvalue weighted by Gasteiger charge is 2.27. The molecule has 1 atom stereocenters. The average Bonchev–Trinajstić information content (AvgIpc) is 3.56. The van der Waals surface area contributed by atoms with Gasteiger partial charge in [0, 0.05) is 29.9 Å². The Labute approximate surface area is 186 Å². The van der Waals surface area contributed by atoms with E-state index in [0.29, 0.717) is 23.5 Å². The monoisotopic (exact) mass is 433 g/mol. The molecule has 31 heavy (non-hydrogen) atoms. The lowest BCUT2D eigenvalue weighted by Gasteiger charge is -2.34. The Balaban J connectivity index is 1.28. The van der Waals surface area contributed by atoms with Crippen LogP contribution in [0.15, 0.2) is 36.1 Å². The second kappa shape index (κ2) is 9.16. The maximum absolute atomic E-state index is 9.09. The van der Waals surface area contributed by atoms with Gasteiger partial charge in [-0.1, -0.05) is 19.3 Å². The smallest absolute Gasteiger partial charge is 0.188 e. The topological polar surface area (TPSA) is 82.7 Å². The fourth-order valence-electron chi connectivity index (χ4n) is 4.75. The maximum Gasteiger partial charge on any atom is 0.188 e. The molecule has 1 aliphatic heterocycles. The number of likely N-dealkylation sites (tertiary alicyclic amines) is 1. The molecule has 3 aromatic rings. The highest BCUT2D eigenvalue weighted by atomic mass is 32.1. The van der Waals surface area contributed by atoms with Gasteiger partial charge in [0.05, 0.1) is 35.6 Å². The Morgan fingerprint density at radius 1 is 1.19 bits per heavy atom. The van der Waals surface area contributed by atoms with Crippen LogP contribution in [0, 0.1) is 11.3 Å². The van der Waals surface area contributed by atoms with Crippen LogP contribution in [0.5, 0.6) is 0 Å². The minimum Gasteiger partial charge on any atom is -0.316 e. The summed E-state index contributed by atoms with van der Waals surface area (Å²) in [4.78, 5) is 11.7. The minimum absolute atomic E-state index is 0.328. The first-order chi connectivity index (χ1) is 15.3. The molecule has 3 aromatic heterocycles. The van der Waals surface area contributed by atoms with Gasteiger partial charge in [-0.15, -0.1) is 11.3 Å². The number of anilines is 2. The zero-order valence-electron chi connectivity index (χ0n) is 17.6. The Morgan fingerprint density at radius 2 is 2.06 bits per heavy atom. The SMILES string of the molecule is N#Cc1ccnc(Nc2nc(C3CCCCN3Cc3cnn(C4CCCC4)c3)cs2)c1. The Hall–Kier alpha value is -2.76. The normalized spacial score (nSPS) is 20.0. The van der Waals surface area contributed by atoms with Gasteiger partial charge in [-0.25, -0.2) is 9.97 Å². The predicted molar refractivity (Wildman–Crippen MR) is 121 cm³/mol. The largest absolute Gasteiger partial charge is 0.316 e. The van der Waals surface area contributed by atoms with Gasteiger partial charge in [-0.05, 0) is 44.4 Å². The van der Waals surface area contributed by atoms with Gasteiger partial charge in [0.2, 0.25) is 0 Å². The molecule has 4 heterocycles. The van der Waals surface area contributed by atoms with E-state index in [1.807, 2.05) is 6.20 Å². The average molecular weight is 434 g/mol. The molecule has 0 radical (unpaired) electrons. The predicted octanol–water partition coefficient (Wildman–Crippen LogP) is 5.19. The van der Waals surface area contributed by atoms with Crippen molar-refractivity contribution >= 4 is 22.3 Å². The van der Waals surface area contributed by atoms with Crippen LogP contribution in [-0.2, 0) is 6.54 Å². The molecule has 1 saturated heterocycles. The third-order valence-electron chi connectivity index (χ3n) is 6.34. The van der Waals surface area contributed by atoms with Crippen LogP contribution >= 0.6 is 11.3 Å². The van der Waals surface area contributed by atoms with Crippen LogP contribution in [0.3, 0.4) is 0 Å². The van der Waals surface area contributed by atoms with Gasteiger partial charge in [-0.3, -0.25) is 9.58 Å². The lowest BCUT2D eigenvalue weighted by Crippen LogP contribution is -2.33.